The van der Waals surface area contributed by atoms with Gasteiger partial charge in [-0.2, -0.15) is 0 Å². The third-order valence-corrected chi connectivity index (χ3v) is 4.70. The molecule has 1 N–H and O–H groups in total. The smallest absolute Gasteiger partial charge is 0.230 e. The molecule has 3 atom stereocenters. The predicted octanol–water partition coefficient (Wildman–Crippen LogP) is 2.44. The van der Waals surface area contributed by atoms with Crippen LogP contribution in [0.25, 0.3) is 0 Å². The van der Waals surface area contributed by atoms with Crippen LogP contribution in [0.15, 0.2) is 24.3 Å². The van der Waals surface area contributed by atoms with Crippen molar-refractivity contribution in [1.29, 1.82) is 0 Å². The first-order valence-corrected chi connectivity index (χ1v) is 8.53. The molecule has 0 spiro atoms. The predicted molar refractivity (Wildman–Crippen MR) is 89.4 cm³/mol. The van der Waals surface area contributed by atoms with Gasteiger partial charge >= 0.3 is 0 Å². The van der Waals surface area contributed by atoms with E-state index >= 15 is 0 Å². The summed E-state index contributed by atoms with van der Waals surface area (Å²) >= 11 is 0. The van der Waals surface area contributed by atoms with Gasteiger partial charge in [-0.15, -0.1) is 0 Å². The molecule has 1 aromatic carbocycles. The molecule has 2 fully saturated rings. The first-order chi connectivity index (χ1) is 11.2. The van der Waals surface area contributed by atoms with Gasteiger partial charge in [-0.1, -0.05) is 12.1 Å². The van der Waals surface area contributed by atoms with E-state index in [0.717, 1.165) is 38.4 Å². The summed E-state index contributed by atoms with van der Waals surface area (Å²) in [7, 11) is 0. The number of hydrogen-bond acceptors (Lipinski definition) is 4. The summed E-state index contributed by atoms with van der Waals surface area (Å²) in [5, 5.41) is 2.99. The zero-order chi connectivity index (χ0) is 16.2. The van der Waals surface area contributed by atoms with Crippen molar-refractivity contribution in [2.24, 2.45) is 5.92 Å². The second kappa shape index (κ2) is 7.43. The number of carbonyl (C=O) groups excluding carboxylic acids is 1. The minimum atomic E-state index is 0.0156. The first kappa shape index (κ1) is 16.4. The van der Waals surface area contributed by atoms with Crippen molar-refractivity contribution in [1.82, 2.24) is 4.90 Å². The number of benzene rings is 1. The Morgan fingerprint density at radius 3 is 2.70 bits per heavy atom. The van der Waals surface area contributed by atoms with E-state index in [0.29, 0.717) is 12.6 Å². The molecule has 1 heterocycles. The second-order valence-electron chi connectivity index (χ2n) is 6.27. The quantitative estimate of drug-likeness (QED) is 0.875. The molecule has 0 aromatic heterocycles. The molecule has 5 heteroatoms. The van der Waals surface area contributed by atoms with Gasteiger partial charge in [0.1, 0.15) is 0 Å². The van der Waals surface area contributed by atoms with Crippen molar-refractivity contribution >= 4 is 11.6 Å². The average molecular weight is 318 g/mol. The monoisotopic (exact) mass is 318 g/mol. The largest absolute Gasteiger partial charge is 0.379 e. The van der Waals surface area contributed by atoms with Crippen LogP contribution in [0, 0.1) is 5.92 Å². The third kappa shape index (κ3) is 4.10. The number of carbonyl (C=O) groups is 1. The van der Waals surface area contributed by atoms with Crippen LogP contribution >= 0.6 is 0 Å². The Bertz CT molecular complexity index is 526. The van der Waals surface area contributed by atoms with E-state index in [4.69, 9.17) is 9.47 Å². The topological polar surface area (TPSA) is 50.8 Å². The SMILES string of the molecule is CCO[C@@H]1C[C@@H]1C(=O)Nc1ccc([C@H](C)N2CCOCC2)cc1. The number of ether oxygens (including phenoxy) is 2. The van der Waals surface area contributed by atoms with E-state index < -0.39 is 0 Å². The standard InChI is InChI=1S/C18H26N2O3/c1-3-23-17-12-16(17)18(21)19-15-6-4-14(5-7-15)13(2)20-8-10-22-11-9-20/h4-7,13,16-17H,3,8-12H2,1-2H3,(H,19,21)/t13-,16-,17+/m0/s1. The molecular weight excluding hydrogens is 292 g/mol. The van der Waals surface area contributed by atoms with Gasteiger partial charge in [0.2, 0.25) is 5.91 Å². The van der Waals surface area contributed by atoms with Crippen LogP contribution in [-0.2, 0) is 14.3 Å². The molecule has 126 valence electrons. The van der Waals surface area contributed by atoms with E-state index in [1.54, 1.807) is 0 Å². The molecule has 1 aliphatic carbocycles. The highest BCUT2D eigenvalue weighted by molar-refractivity contribution is 5.94. The minimum absolute atomic E-state index is 0.0156. The summed E-state index contributed by atoms with van der Waals surface area (Å²) in [6, 6.07) is 8.55. The Morgan fingerprint density at radius 1 is 1.35 bits per heavy atom. The number of hydrogen-bond donors (Lipinski definition) is 1. The van der Waals surface area contributed by atoms with Crippen molar-refractivity contribution < 1.29 is 14.3 Å². The maximum atomic E-state index is 12.1. The van der Waals surface area contributed by atoms with Crippen molar-refractivity contribution in [2.75, 3.05) is 38.2 Å². The zero-order valence-corrected chi connectivity index (χ0v) is 14.0. The summed E-state index contributed by atoms with van der Waals surface area (Å²) in [5.74, 6) is 0.0827. The number of nitrogens with one attached hydrogen (secondary N) is 1. The fourth-order valence-electron chi connectivity index (χ4n) is 3.10. The van der Waals surface area contributed by atoms with Gasteiger partial charge in [0, 0.05) is 31.4 Å². The molecule has 0 unspecified atom stereocenters. The van der Waals surface area contributed by atoms with Crippen molar-refractivity contribution in [2.45, 2.75) is 32.4 Å². The first-order valence-electron chi connectivity index (χ1n) is 8.53. The van der Waals surface area contributed by atoms with Crippen LogP contribution in [-0.4, -0.2) is 49.8 Å². The van der Waals surface area contributed by atoms with Gasteiger partial charge in [0.25, 0.3) is 0 Å². The molecule has 1 saturated heterocycles. The van der Waals surface area contributed by atoms with E-state index in [1.165, 1.54) is 5.56 Å². The minimum Gasteiger partial charge on any atom is -0.379 e. The highest BCUT2D eigenvalue weighted by Gasteiger charge is 2.43. The van der Waals surface area contributed by atoms with Crippen LogP contribution in [0.3, 0.4) is 0 Å². The number of morpholine rings is 1. The highest BCUT2D eigenvalue weighted by atomic mass is 16.5. The van der Waals surface area contributed by atoms with Crippen LogP contribution in [0.4, 0.5) is 5.69 Å². The summed E-state index contributed by atoms with van der Waals surface area (Å²) in [5.41, 5.74) is 2.12. The fraction of sp³-hybridized carbons (Fsp3) is 0.611. The summed E-state index contributed by atoms with van der Waals surface area (Å²) < 4.78 is 10.9. The second-order valence-corrected chi connectivity index (χ2v) is 6.27. The molecule has 0 radical (unpaired) electrons. The summed E-state index contributed by atoms with van der Waals surface area (Å²) in [6.45, 7) is 8.40. The number of rotatable bonds is 6. The van der Waals surface area contributed by atoms with Crippen LogP contribution < -0.4 is 5.32 Å². The van der Waals surface area contributed by atoms with Crippen LogP contribution in [0.5, 0.6) is 0 Å². The van der Waals surface area contributed by atoms with E-state index in [2.05, 4.69) is 29.3 Å². The normalized spacial score (nSPS) is 25.8. The Morgan fingerprint density at radius 2 is 2.04 bits per heavy atom. The Hall–Kier alpha value is -1.43. The maximum absolute atomic E-state index is 12.1. The summed E-state index contributed by atoms with van der Waals surface area (Å²) in [4.78, 5) is 14.5. The number of anilines is 1. The molecule has 1 aliphatic heterocycles. The van der Waals surface area contributed by atoms with Crippen molar-refractivity contribution in [3.8, 4) is 0 Å². The molecule has 3 rings (SSSR count). The molecular formula is C18H26N2O3. The van der Waals surface area contributed by atoms with Crippen LogP contribution in [0.2, 0.25) is 0 Å². The molecule has 23 heavy (non-hydrogen) atoms. The Labute approximate surface area is 137 Å². The molecule has 5 nitrogen and oxygen atoms in total. The Kier molecular flexibility index (Phi) is 5.30. The van der Waals surface area contributed by atoms with Crippen molar-refractivity contribution in [3.05, 3.63) is 29.8 Å². The molecule has 1 aromatic rings. The lowest BCUT2D eigenvalue weighted by Gasteiger charge is -2.32. The van der Waals surface area contributed by atoms with E-state index in [1.807, 2.05) is 19.1 Å². The third-order valence-electron chi connectivity index (χ3n) is 4.70. The van der Waals surface area contributed by atoms with Gasteiger partial charge < -0.3 is 14.8 Å². The van der Waals surface area contributed by atoms with Gasteiger partial charge in [-0.3, -0.25) is 9.69 Å². The lowest BCUT2D eigenvalue weighted by atomic mass is 10.1. The fourth-order valence-corrected chi connectivity index (χ4v) is 3.10. The lowest BCUT2D eigenvalue weighted by Crippen LogP contribution is -2.38. The lowest BCUT2D eigenvalue weighted by molar-refractivity contribution is -0.118. The van der Waals surface area contributed by atoms with Gasteiger partial charge in [0.05, 0.1) is 25.2 Å². The molecule has 2 aliphatic rings. The molecule has 1 amide bonds. The van der Waals surface area contributed by atoms with Gasteiger partial charge in [-0.25, -0.2) is 0 Å². The Balaban J connectivity index is 1.53. The zero-order valence-electron chi connectivity index (χ0n) is 14.0. The number of nitrogens with zero attached hydrogens (tertiary/aromatic N) is 1. The number of amides is 1. The van der Waals surface area contributed by atoms with E-state index in [9.17, 15) is 4.79 Å². The maximum Gasteiger partial charge on any atom is 0.230 e. The molecule has 1 saturated carbocycles. The highest BCUT2D eigenvalue weighted by Crippen LogP contribution is 2.34. The van der Waals surface area contributed by atoms with E-state index in [-0.39, 0.29) is 17.9 Å². The average Bonchev–Trinajstić information content (AvgIpc) is 3.35. The molecule has 0 bridgehead atoms. The summed E-state index contributed by atoms with van der Waals surface area (Å²) in [6.07, 6.45) is 0.951. The van der Waals surface area contributed by atoms with Gasteiger partial charge in [-0.05, 0) is 38.0 Å². The van der Waals surface area contributed by atoms with Crippen LogP contribution in [0.1, 0.15) is 31.9 Å². The van der Waals surface area contributed by atoms with Gasteiger partial charge in [0.15, 0.2) is 0 Å². The van der Waals surface area contributed by atoms with Crippen molar-refractivity contribution in [3.63, 3.8) is 0 Å².